The summed E-state index contributed by atoms with van der Waals surface area (Å²) >= 11 is 0. The number of nitrogens with one attached hydrogen (secondary N) is 1. The van der Waals surface area contributed by atoms with Crippen LogP contribution < -0.4 is 11.1 Å². The standard InChI is InChI=1S/C15H20N2O3/c16-13(11-5-6-11)9-14(18)17-8-7-10-1-3-12(4-2-10)15(19)20/h1-4,11,13H,5-9,16H2,(H,17,18)(H,19,20). The maximum Gasteiger partial charge on any atom is 0.335 e. The zero-order valence-electron chi connectivity index (χ0n) is 11.3. The van der Waals surface area contributed by atoms with E-state index in [2.05, 4.69) is 5.32 Å². The fraction of sp³-hybridized carbons (Fsp3) is 0.467. The molecule has 108 valence electrons. The lowest BCUT2D eigenvalue weighted by Gasteiger charge is -2.10. The molecule has 1 saturated carbocycles. The van der Waals surface area contributed by atoms with Gasteiger partial charge in [0.2, 0.25) is 5.91 Å². The van der Waals surface area contributed by atoms with Crippen molar-refractivity contribution in [1.29, 1.82) is 0 Å². The number of carbonyl (C=O) groups excluding carboxylic acids is 1. The Balaban J connectivity index is 1.69. The Kier molecular flexibility index (Phi) is 4.74. The number of carboxylic acids is 1. The van der Waals surface area contributed by atoms with Crippen LogP contribution in [0.5, 0.6) is 0 Å². The van der Waals surface area contributed by atoms with Crippen molar-refractivity contribution in [2.45, 2.75) is 31.7 Å². The number of carboxylic acid groups (broad SMARTS) is 1. The number of hydrogen-bond acceptors (Lipinski definition) is 3. The van der Waals surface area contributed by atoms with Gasteiger partial charge < -0.3 is 16.2 Å². The molecule has 0 saturated heterocycles. The highest BCUT2D eigenvalue weighted by Gasteiger charge is 2.29. The first-order valence-electron chi connectivity index (χ1n) is 6.91. The van der Waals surface area contributed by atoms with Gasteiger partial charge in [-0.2, -0.15) is 0 Å². The molecule has 0 radical (unpaired) electrons. The van der Waals surface area contributed by atoms with Gasteiger partial charge in [-0.1, -0.05) is 12.1 Å². The first-order chi connectivity index (χ1) is 9.56. The lowest BCUT2D eigenvalue weighted by molar-refractivity contribution is -0.121. The molecule has 0 heterocycles. The molecule has 0 bridgehead atoms. The Bertz CT molecular complexity index is 480. The van der Waals surface area contributed by atoms with Gasteiger partial charge in [0.1, 0.15) is 0 Å². The minimum absolute atomic E-state index is 0.00782. The lowest BCUT2D eigenvalue weighted by Crippen LogP contribution is -2.33. The van der Waals surface area contributed by atoms with Crippen molar-refractivity contribution in [1.82, 2.24) is 5.32 Å². The van der Waals surface area contributed by atoms with Gasteiger partial charge in [-0.15, -0.1) is 0 Å². The Morgan fingerprint density at radius 1 is 1.30 bits per heavy atom. The summed E-state index contributed by atoms with van der Waals surface area (Å²) in [4.78, 5) is 22.4. The summed E-state index contributed by atoms with van der Waals surface area (Å²) in [7, 11) is 0. The second kappa shape index (κ2) is 6.52. The minimum Gasteiger partial charge on any atom is -0.478 e. The van der Waals surface area contributed by atoms with E-state index in [0.29, 0.717) is 25.3 Å². The molecule has 0 aromatic heterocycles. The first-order valence-corrected chi connectivity index (χ1v) is 6.91. The third-order valence-corrected chi connectivity index (χ3v) is 3.59. The maximum absolute atomic E-state index is 11.7. The predicted molar refractivity (Wildman–Crippen MR) is 75.4 cm³/mol. The SMILES string of the molecule is NC(CC(=O)NCCc1ccc(C(=O)O)cc1)C1CC1. The number of rotatable bonds is 7. The van der Waals surface area contributed by atoms with E-state index in [-0.39, 0.29) is 17.5 Å². The van der Waals surface area contributed by atoms with Gasteiger partial charge in [-0.05, 0) is 42.9 Å². The van der Waals surface area contributed by atoms with Gasteiger partial charge in [0.15, 0.2) is 0 Å². The molecule has 1 amide bonds. The van der Waals surface area contributed by atoms with Crippen LogP contribution in [0, 0.1) is 5.92 Å². The van der Waals surface area contributed by atoms with E-state index in [1.807, 2.05) is 0 Å². The fourth-order valence-corrected chi connectivity index (χ4v) is 2.14. The van der Waals surface area contributed by atoms with Crippen LogP contribution in [0.25, 0.3) is 0 Å². The highest BCUT2D eigenvalue weighted by atomic mass is 16.4. The van der Waals surface area contributed by atoms with Crippen LogP contribution in [0.4, 0.5) is 0 Å². The molecule has 1 aliphatic carbocycles. The minimum atomic E-state index is -0.932. The molecule has 20 heavy (non-hydrogen) atoms. The molecule has 1 fully saturated rings. The Morgan fingerprint density at radius 3 is 2.50 bits per heavy atom. The van der Waals surface area contributed by atoms with Gasteiger partial charge in [0, 0.05) is 19.0 Å². The van der Waals surface area contributed by atoms with Crippen LogP contribution in [-0.4, -0.2) is 29.6 Å². The van der Waals surface area contributed by atoms with Crippen molar-refractivity contribution in [2.75, 3.05) is 6.54 Å². The summed E-state index contributed by atoms with van der Waals surface area (Å²) in [5.74, 6) is -0.408. The van der Waals surface area contributed by atoms with Gasteiger partial charge in [-0.3, -0.25) is 4.79 Å². The summed E-state index contributed by atoms with van der Waals surface area (Å²) in [6.45, 7) is 0.544. The zero-order valence-corrected chi connectivity index (χ0v) is 11.3. The maximum atomic E-state index is 11.7. The van der Waals surface area contributed by atoms with E-state index in [1.165, 1.54) is 0 Å². The summed E-state index contributed by atoms with van der Waals surface area (Å²) < 4.78 is 0. The normalized spacial score (nSPS) is 15.7. The molecule has 5 nitrogen and oxygen atoms in total. The van der Waals surface area contributed by atoms with Crippen molar-refractivity contribution in [3.63, 3.8) is 0 Å². The summed E-state index contributed by atoms with van der Waals surface area (Å²) in [5, 5.41) is 11.6. The molecular weight excluding hydrogens is 256 g/mol. The van der Waals surface area contributed by atoms with E-state index < -0.39 is 5.97 Å². The number of nitrogens with two attached hydrogens (primary N) is 1. The van der Waals surface area contributed by atoms with E-state index in [4.69, 9.17) is 10.8 Å². The van der Waals surface area contributed by atoms with Crippen LogP contribution in [0.15, 0.2) is 24.3 Å². The summed E-state index contributed by atoms with van der Waals surface area (Å²) in [6, 6.07) is 6.67. The average molecular weight is 276 g/mol. The second-order valence-electron chi connectivity index (χ2n) is 5.31. The van der Waals surface area contributed by atoms with Crippen LogP contribution in [0.2, 0.25) is 0 Å². The quantitative estimate of drug-likeness (QED) is 0.697. The molecule has 1 unspecified atom stereocenters. The molecular formula is C15H20N2O3. The molecule has 4 N–H and O–H groups in total. The van der Waals surface area contributed by atoms with Crippen molar-refractivity contribution < 1.29 is 14.7 Å². The van der Waals surface area contributed by atoms with Gasteiger partial charge >= 0.3 is 5.97 Å². The molecule has 1 aromatic carbocycles. The zero-order chi connectivity index (χ0) is 14.5. The van der Waals surface area contributed by atoms with Crippen LogP contribution in [-0.2, 0) is 11.2 Å². The van der Waals surface area contributed by atoms with E-state index >= 15 is 0 Å². The molecule has 1 aromatic rings. The van der Waals surface area contributed by atoms with Crippen LogP contribution >= 0.6 is 0 Å². The number of hydrogen-bond donors (Lipinski definition) is 3. The predicted octanol–water partition coefficient (Wildman–Crippen LogP) is 1.17. The van der Waals surface area contributed by atoms with Gasteiger partial charge in [0.25, 0.3) is 0 Å². The molecule has 2 rings (SSSR count). The molecule has 1 aliphatic rings. The Labute approximate surface area is 118 Å². The smallest absolute Gasteiger partial charge is 0.335 e. The Hall–Kier alpha value is -1.88. The fourth-order valence-electron chi connectivity index (χ4n) is 2.14. The topological polar surface area (TPSA) is 92.4 Å². The van der Waals surface area contributed by atoms with E-state index in [1.54, 1.807) is 24.3 Å². The van der Waals surface area contributed by atoms with Crippen molar-refractivity contribution in [3.8, 4) is 0 Å². The van der Waals surface area contributed by atoms with Crippen molar-refractivity contribution in [2.24, 2.45) is 11.7 Å². The molecule has 0 aliphatic heterocycles. The molecule has 0 spiro atoms. The first kappa shape index (κ1) is 14.5. The molecule has 1 atom stereocenters. The third-order valence-electron chi connectivity index (χ3n) is 3.59. The monoisotopic (exact) mass is 276 g/mol. The lowest BCUT2D eigenvalue weighted by atomic mass is 10.1. The number of aromatic carboxylic acids is 1. The summed E-state index contributed by atoms with van der Waals surface area (Å²) in [6.07, 6.45) is 3.36. The highest BCUT2D eigenvalue weighted by molar-refractivity contribution is 5.87. The number of benzene rings is 1. The third kappa shape index (κ3) is 4.35. The largest absolute Gasteiger partial charge is 0.478 e. The van der Waals surface area contributed by atoms with Crippen molar-refractivity contribution in [3.05, 3.63) is 35.4 Å². The van der Waals surface area contributed by atoms with Crippen LogP contribution in [0.3, 0.4) is 0 Å². The highest BCUT2D eigenvalue weighted by Crippen LogP contribution is 2.32. The summed E-state index contributed by atoms with van der Waals surface area (Å²) in [5.41, 5.74) is 7.16. The average Bonchev–Trinajstić information content (AvgIpc) is 3.23. The van der Waals surface area contributed by atoms with Gasteiger partial charge in [0.05, 0.1) is 5.56 Å². The van der Waals surface area contributed by atoms with Gasteiger partial charge in [-0.25, -0.2) is 4.79 Å². The second-order valence-corrected chi connectivity index (χ2v) is 5.31. The molecule has 5 heteroatoms. The number of carbonyl (C=O) groups is 2. The van der Waals surface area contributed by atoms with E-state index in [9.17, 15) is 9.59 Å². The number of amides is 1. The van der Waals surface area contributed by atoms with E-state index in [0.717, 1.165) is 18.4 Å². The van der Waals surface area contributed by atoms with Crippen LogP contribution in [0.1, 0.15) is 35.2 Å². The van der Waals surface area contributed by atoms with Crippen molar-refractivity contribution >= 4 is 11.9 Å². The Morgan fingerprint density at radius 2 is 1.95 bits per heavy atom.